The number of phenolic OH excluding ortho intramolecular Hbond substituents is 1. The molecule has 1 fully saturated rings. The van der Waals surface area contributed by atoms with E-state index in [1.807, 2.05) is 39.8 Å². The largest absolute Gasteiger partial charge is 0.507 e. The van der Waals surface area contributed by atoms with Crippen molar-refractivity contribution in [3.8, 4) is 5.75 Å². The predicted molar refractivity (Wildman–Crippen MR) is 101 cm³/mol. The van der Waals surface area contributed by atoms with Gasteiger partial charge >= 0.3 is 5.97 Å². The number of carbonyl (C=O) groups is 2. The van der Waals surface area contributed by atoms with Crippen LogP contribution in [0.1, 0.15) is 56.2 Å². The van der Waals surface area contributed by atoms with Gasteiger partial charge in [-0.2, -0.15) is 0 Å². The molecule has 1 aromatic rings. The number of hydrogen-bond donors (Lipinski definition) is 2. The molecule has 0 aliphatic carbocycles. The van der Waals surface area contributed by atoms with E-state index in [9.17, 15) is 14.7 Å². The molecule has 25 heavy (non-hydrogen) atoms. The summed E-state index contributed by atoms with van der Waals surface area (Å²) in [7, 11) is 0. The lowest BCUT2D eigenvalue weighted by Gasteiger charge is -2.26. The second-order valence-corrected chi connectivity index (χ2v) is 7.97. The third-order valence-electron chi connectivity index (χ3n) is 4.18. The number of benzene rings is 1. The highest BCUT2D eigenvalue weighted by Gasteiger charge is 2.25. The number of carboxylic acid groups (broad SMARTS) is 1. The van der Waals surface area contributed by atoms with Crippen LogP contribution in [-0.4, -0.2) is 45.8 Å². The van der Waals surface area contributed by atoms with Gasteiger partial charge in [0.05, 0.1) is 4.91 Å². The van der Waals surface area contributed by atoms with Crippen molar-refractivity contribution in [1.82, 2.24) is 4.90 Å². The molecule has 5 nitrogen and oxygen atoms in total. The van der Waals surface area contributed by atoms with Crippen molar-refractivity contribution in [2.75, 3.05) is 18.8 Å². The molecule has 6 heteroatoms. The van der Waals surface area contributed by atoms with Gasteiger partial charge in [0.2, 0.25) is 0 Å². The highest BCUT2D eigenvalue weighted by molar-refractivity contribution is 8.04. The van der Waals surface area contributed by atoms with E-state index in [-0.39, 0.29) is 24.3 Å². The second kappa shape index (κ2) is 7.95. The van der Waals surface area contributed by atoms with Crippen LogP contribution in [0.3, 0.4) is 0 Å². The zero-order chi connectivity index (χ0) is 18.7. The maximum absolute atomic E-state index is 12.5. The van der Waals surface area contributed by atoms with Crippen LogP contribution in [0.15, 0.2) is 17.0 Å². The molecule has 0 atom stereocenters. The minimum atomic E-state index is -1.01. The predicted octanol–water partition coefficient (Wildman–Crippen LogP) is 3.64. The van der Waals surface area contributed by atoms with Crippen LogP contribution >= 0.6 is 11.8 Å². The Morgan fingerprint density at radius 3 is 2.28 bits per heavy atom. The van der Waals surface area contributed by atoms with Crippen molar-refractivity contribution >= 4 is 29.7 Å². The van der Waals surface area contributed by atoms with Crippen LogP contribution < -0.4 is 0 Å². The number of nitrogens with zero attached hydrogens (tertiary/aromatic N) is 1. The molecule has 0 radical (unpaired) electrons. The van der Waals surface area contributed by atoms with Gasteiger partial charge in [0.25, 0.3) is 5.91 Å². The first kappa shape index (κ1) is 19.4. The van der Waals surface area contributed by atoms with E-state index in [0.717, 1.165) is 16.7 Å². The number of thioether (sulfide) groups is 1. The summed E-state index contributed by atoms with van der Waals surface area (Å²) in [5, 5.41) is 19.4. The maximum atomic E-state index is 12.5. The Labute approximate surface area is 152 Å². The van der Waals surface area contributed by atoms with E-state index in [4.69, 9.17) is 5.11 Å². The van der Waals surface area contributed by atoms with Crippen LogP contribution in [0, 0.1) is 0 Å². The van der Waals surface area contributed by atoms with Crippen LogP contribution in [0.5, 0.6) is 5.75 Å². The van der Waals surface area contributed by atoms with E-state index in [2.05, 4.69) is 0 Å². The molecule has 0 aromatic heterocycles. The lowest BCUT2D eigenvalue weighted by Crippen LogP contribution is -2.40. The van der Waals surface area contributed by atoms with Crippen molar-refractivity contribution in [2.24, 2.45) is 0 Å². The lowest BCUT2D eigenvalue weighted by atomic mass is 9.91. The summed E-state index contributed by atoms with van der Waals surface area (Å²) in [6.45, 7) is 8.24. The SMILES string of the molecule is CC(C)c1cc(C=C2SCCN(CC(=O)O)C2=O)cc(C(C)C)c1O. The number of aliphatic carboxylic acids is 1. The normalized spacial score (nSPS) is 17.0. The number of carbonyl (C=O) groups excluding carboxylic acids is 1. The minimum Gasteiger partial charge on any atom is -0.507 e. The molecule has 136 valence electrons. The molecule has 1 aromatic carbocycles. The molecule has 0 bridgehead atoms. The first-order chi connectivity index (χ1) is 11.7. The quantitative estimate of drug-likeness (QED) is 0.781. The molecular weight excluding hydrogens is 338 g/mol. The van der Waals surface area contributed by atoms with Gasteiger partial charge in [-0.3, -0.25) is 9.59 Å². The molecule has 1 amide bonds. The first-order valence-electron chi connectivity index (χ1n) is 8.43. The zero-order valence-electron chi connectivity index (χ0n) is 15.1. The summed E-state index contributed by atoms with van der Waals surface area (Å²) < 4.78 is 0. The van der Waals surface area contributed by atoms with Crippen molar-refractivity contribution in [3.63, 3.8) is 0 Å². The summed E-state index contributed by atoms with van der Waals surface area (Å²) in [6.07, 6.45) is 1.80. The summed E-state index contributed by atoms with van der Waals surface area (Å²) in [5.74, 6) is 0.0690. The van der Waals surface area contributed by atoms with Gasteiger partial charge in [-0.05, 0) is 46.7 Å². The molecule has 0 spiro atoms. The van der Waals surface area contributed by atoms with Gasteiger partial charge in [-0.25, -0.2) is 0 Å². The molecule has 0 unspecified atom stereocenters. The van der Waals surface area contributed by atoms with E-state index < -0.39 is 5.97 Å². The average Bonchev–Trinajstić information content (AvgIpc) is 2.51. The molecule has 1 aliphatic heterocycles. The summed E-state index contributed by atoms with van der Waals surface area (Å²) in [6, 6.07) is 3.81. The third-order valence-corrected chi connectivity index (χ3v) is 5.17. The highest BCUT2D eigenvalue weighted by Crippen LogP contribution is 2.36. The Balaban J connectivity index is 2.42. The molecule has 2 N–H and O–H groups in total. The molecular formula is C19H25NO4S. The summed E-state index contributed by atoms with van der Waals surface area (Å²) >= 11 is 1.44. The fourth-order valence-electron chi connectivity index (χ4n) is 2.82. The van der Waals surface area contributed by atoms with Crippen LogP contribution in [0.4, 0.5) is 0 Å². The summed E-state index contributed by atoms with van der Waals surface area (Å²) in [4.78, 5) is 25.3. The van der Waals surface area contributed by atoms with Crippen LogP contribution in [0.25, 0.3) is 6.08 Å². The first-order valence-corrected chi connectivity index (χ1v) is 9.41. The topological polar surface area (TPSA) is 77.8 Å². The molecule has 1 heterocycles. The van der Waals surface area contributed by atoms with Gasteiger partial charge in [-0.15, -0.1) is 11.8 Å². The van der Waals surface area contributed by atoms with Gasteiger partial charge in [0, 0.05) is 12.3 Å². The van der Waals surface area contributed by atoms with E-state index in [0.29, 0.717) is 23.0 Å². The van der Waals surface area contributed by atoms with Gasteiger partial charge in [-0.1, -0.05) is 27.7 Å². The fourth-order valence-corrected chi connectivity index (χ4v) is 3.83. The number of aromatic hydroxyl groups is 1. The van der Waals surface area contributed by atoms with Gasteiger partial charge < -0.3 is 15.1 Å². The van der Waals surface area contributed by atoms with E-state index in [1.165, 1.54) is 16.7 Å². The Hall–Kier alpha value is -1.95. The standard InChI is InChI=1S/C19H25NO4S/c1-11(2)14-7-13(8-15(12(3)4)18(14)23)9-16-19(24)20(5-6-25-16)10-17(21)22/h7-9,11-12,23H,5-6,10H2,1-4H3,(H,21,22). The lowest BCUT2D eigenvalue weighted by molar-refractivity contribution is -0.142. The second-order valence-electron chi connectivity index (χ2n) is 6.83. The Morgan fingerprint density at radius 1 is 1.24 bits per heavy atom. The molecule has 0 saturated carbocycles. The molecule has 1 aliphatic rings. The van der Waals surface area contributed by atoms with E-state index >= 15 is 0 Å². The average molecular weight is 363 g/mol. The number of hydrogen-bond acceptors (Lipinski definition) is 4. The molecule has 2 rings (SSSR count). The smallest absolute Gasteiger partial charge is 0.323 e. The van der Waals surface area contributed by atoms with Crippen molar-refractivity contribution in [1.29, 1.82) is 0 Å². The van der Waals surface area contributed by atoms with E-state index in [1.54, 1.807) is 6.08 Å². The Bertz CT molecular complexity index is 680. The number of rotatable bonds is 5. The van der Waals surface area contributed by atoms with Gasteiger partial charge in [0.1, 0.15) is 12.3 Å². The number of carboxylic acids is 1. The molecule has 1 saturated heterocycles. The van der Waals surface area contributed by atoms with Gasteiger partial charge in [0.15, 0.2) is 0 Å². The van der Waals surface area contributed by atoms with Crippen molar-refractivity contribution < 1.29 is 19.8 Å². The number of amides is 1. The highest BCUT2D eigenvalue weighted by atomic mass is 32.2. The van der Waals surface area contributed by atoms with Crippen LogP contribution in [-0.2, 0) is 9.59 Å². The van der Waals surface area contributed by atoms with Crippen molar-refractivity contribution in [3.05, 3.63) is 33.7 Å². The summed E-state index contributed by atoms with van der Waals surface area (Å²) in [5.41, 5.74) is 2.57. The Kier molecular flexibility index (Phi) is 6.16. The zero-order valence-corrected chi connectivity index (χ0v) is 15.9. The fraction of sp³-hybridized carbons (Fsp3) is 0.474. The van der Waals surface area contributed by atoms with Crippen molar-refractivity contribution in [2.45, 2.75) is 39.5 Å². The third kappa shape index (κ3) is 4.57. The Morgan fingerprint density at radius 2 is 1.80 bits per heavy atom. The number of phenols is 1. The maximum Gasteiger partial charge on any atom is 0.323 e. The minimum absolute atomic E-state index is 0.161. The monoisotopic (exact) mass is 363 g/mol. The van der Waals surface area contributed by atoms with Crippen LogP contribution in [0.2, 0.25) is 0 Å².